The Bertz CT molecular complexity index is 1420. The van der Waals surface area contributed by atoms with Gasteiger partial charge in [0, 0.05) is 41.6 Å². The van der Waals surface area contributed by atoms with Crippen molar-refractivity contribution in [2.75, 3.05) is 24.4 Å². The molecule has 3 aliphatic rings. The number of nitrogens with zero attached hydrogens (tertiary/aromatic N) is 3. The second-order valence-electron chi connectivity index (χ2n) is 14.8. The summed E-state index contributed by atoms with van der Waals surface area (Å²) in [6.07, 6.45) is 5.49. The van der Waals surface area contributed by atoms with Gasteiger partial charge in [0.1, 0.15) is 0 Å². The van der Waals surface area contributed by atoms with Crippen molar-refractivity contribution in [2.24, 2.45) is 17.3 Å². The van der Waals surface area contributed by atoms with Crippen molar-refractivity contribution in [3.05, 3.63) is 65.2 Å². The van der Waals surface area contributed by atoms with Crippen molar-refractivity contribution >= 4 is 17.9 Å². The summed E-state index contributed by atoms with van der Waals surface area (Å²) in [6, 6.07) is 18.2. The van der Waals surface area contributed by atoms with Gasteiger partial charge < -0.3 is 9.47 Å². The van der Waals surface area contributed by atoms with E-state index in [1.54, 1.807) is 11.9 Å². The third-order valence-corrected chi connectivity index (χ3v) is 10.4. The summed E-state index contributed by atoms with van der Waals surface area (Å²) in [4.78, 5) is 13.6. The van der Waals surface area contributed by atoms with Crippen LogP contribution in [0, 0.1) is 31.1 Å². The zero-order chi connectivity index (χ0) is 31.0. The van der Waals surface area contributed by atoms with Crippen LogP contribution in [0.2, 0.25) is 0 Å². The number of anilines is 1. The molecule has 236 valence electrons. The molecule has 4 unspecified atom stereocenters. The SMILES string of the molecule is Cc1cccc(C)c1-c1cc2nc(n1)NSc1cccc(c1)C(CC1CC(N3CC(C)OC(C)C3)C1)C(CC(C)(C)C)CO2. The van der Waals surface area contributed by atoms with Crippen LogP contribution in [0.15, 0.2) is 53.4 Å². The highest BCUT2D eigenvalue weighted by atomic mass is 32.2. The van der Waals surface area contributed by atoms with E-state index in [4.69, 9.17) is 19.4 Å². The van der Waals surface area contributed by atoms with Gasteiger partial charge in [0.2, 0.25) is 11.8 Å². The normalized spacial score (nSPS) is 27.7. The molecule has 44 heavy (non-hydrogen) atoms. The fourth-order valence-corrected chi connectivity index (χ4v) is 8.41. The van der Waals surface area contributed by atoms with Crippen molar-refractivity contribution in [3.8, 4) is 17.1 Å². The number of ether oxygens (including phenoxy) is 2. The van der Waals surface area contributed by atoms with E-state index in [2.05, 4.69) is 101 Å². The quantitative estimate of drug-likeness (QED) is 0.289. The summed E-state index contributed by atoms with van der Waals surface area (Å²) in [7, 11) is 0. The highest BCUT2D eigenvalue weighted by Gasteiger charge is 2.40. The van der Waals surface area contributed by atoms with Gasteiger partial charge in [0.15, 0.2) is 0 Å². The van der Waals surface area contributed by atoms with Gasteiger partial charge in [-0.15, -0.1) is 0 Å². The number of fused-ring (bicyclic) bond motifs is 4. The Labute approximate surface area is 268 Å². The molecule has 2 aliphatic heterocycles. The zero-order valence-corrected chi connectivity index (χ0v) is 28.4. The van der Waals surface area contributed by atoms with Crippen LogP contribution in [0.4, 0.5) is 5.95 Å². The molecule has 3 aromatic rings. The van der Waals surface area contributed by atoms with Crippen LogP contribution in [0.1, 0.15) is 82.9 Å². The van der Waals surface area contributed by atoms with Gasteiger partial charge in [-0.1, -0.05) is 51.1 Å². The van der Waals surface area contributed by atoms with E-state index in [-0.39, 0.29) is 5.41 Å². The first-order chi connectivity index (χ1) is 21.0. The van der Waals surface area contributed by atoms with Crippen LogP contribution in [-0.4, -0.2) is 52.8 Å². The summed E-state index contributed by atoms with van der Waals surface area (Å²) in [5, 5.41) is 0. The Morgan fingerprint density at radius 3 is 2.36 bits per heavy atom. The summed E-state index contributed by atoms with van der Waals surface area (Å²) in [5.74, 6) is 2.73. The van der Waals surface area contributed by atoms with Crippen molar-refractivity contribution in [2.45, 2.75) is 103 Å². The minimum atomic E-state index is 0.180. The summed E-state index contributed by atoms with van der Waals surface area (Å²) >= 11 is 1.58. The maximum absolute atomic E-state index is 6.67. The Morgan fingerprint density at radius 1 is 0.955 bits per heavy atom. The maximum Gasteiger partial charge on any atom is 0.237 e. The minimum Gasteiger partial charge on any atom is -0.477 e. The van der Waals surface area contributed by atoms with Gasteiger partial charge in [-0.05, 0) is 111 Å². The van der Waals surface area contributed by atoms with Crippen LogP contribution < -0.4 is 9.46 Å². The molecular weight excluding hydrogens is 565 g/mol. The van der Waals surface area contributed by atoms with E-state index in [9.17, 15) is 0 Å². The van der Waals surface area contributed by atoms with Gasteiger partial charge in [-0.2, -0.15) is 4.98 Å². The fourth-order valence-electron chi connectivity index (χ4n) is 7.77. The van der Waals surface area contributed by atoms with Gasteiger partial charge >= 0.3 is 0 Å². The molecule has 2 fully saturated rings. The molecular formula is C37H50N4O2S. The number of hydrogen-bond acceptors (Lipinski definition) is 7. The Kier molecular flexibility index (Phi) is 9.28. The standard InChI is InChI=1S/C37H50N4O2S/c1-23-10-8-11-24(2)35(23)33-18-34-39-36(38-33)40-44-31-13-9-12-28(17-31)32(29(22-42-34)19-37(5,6)7)16-27-14-30(15-27)41-20-25(3)43-26(4)21-41/h8-13,17-18,25-27,29-30,32H,14-16,19-22H2,1-7H3,(H,38,39,40). The van der Waals surface area contributed by atoms with E-state index < -0.39 is 0 Å². The lowest BCUT2D eigenvalue weighted by Crippen LogP contribution is -2.54. The second-order valence-corrected chi connectivity index (χ2v) is 15.7. The Balaban J connectivity index is 1.29. The van der Waals surface area contributed by atoms with E-state index in [0.717, 1.165) is 36.7 Å². The molecule has 1 saturated heterocycles. The first-order valence-electron chi connectivity index (χ1n) is 16.5. The molecule has 1 aliphatic carbocycles. The van der Waals surface area contributed by atoms with E-state index in [1.807, 2.05) is 6.07 Å². The minimum absolute atomic E-state index is 0.180. The maximum atomic E-state index is 6.67. The van der Waals surface area contributed by atoms with Crippen molar-refractivity contribution in [1.29, 1.82) is 0 Å². The number of morpholine rings is 1. The first kappa shape index (κ1) is 31.4. The molecule has 1 N–H and O–H groups in total. The highest BCUT2D eigenvalue weighted by Crippen LogP contribution is 2.45. The monoisotopic (exact) mass is 614 g/mol. The number of hydrogen-bond donors (Lipinski definition) is 1. The smallest absolute Gasteiger partial charge is 0.237 e. The van der Waals surface area contributed by atoms with Crippen molar-refractivity contribution < 1.29 is 9.47 Å². The molecule has 4 bridgehead atoms. The van der Waals surface area contributed by atoms with Gasteiger partial charge in [0.05, 0.1) is 24.5 Å². The van der Waals surface area contributed by atoms with E-state index >= 15 is 0 Å². The van der Waals surface area contributed by atoms with Gasteiger partial charge in [0.25, 0.3) is 0 Å². The topological polar surface area (TPSA) is 59.5 Å². The highest BCUT2D eigenvalue weighted by molar-refractivity contribution is 8.00. The molecule has 0 radical (unpaired) electrons. The fraction of sp³-hybridized carbons (Fsp3) is 0.568. The number of rotatable bonds is 5. The average molecular weight is 615 g/mol. The largest absolute Gasteiger partial charge is 0.477 e. The molecule has 1 saturated carbocycles. The van der Waals surface area contributed by atoms with Crippen LogP contribution >= 0.6 is 11.9 Å². The number of nitrogens with one attached hydrogen (secondary N) is 1. The Morgan fingerprint density at radius 2 is 1.66 bits per heavy atom. The molecule has 2 aromatic carbocycles. The molecule has 0 spiro atoms. The number of benzene rings is 2. The number of aromatic nitrogens is 2. The molecule has 1 aromatic heterocycles. The molecule has 6 nitrogen and oxygen atoms in total. The average Bonchev–Trinajstić information content (AvgIpc) is 2.92. The zero-order valence-electron chi connectivity index (χ0n) is 27.6. The molecule has 7 heteroatoms. The van der Waals surface area contributed by atoms with Crippen LogP contribution in [0.25, 0.3) is 11.3 Å². The van der Waals surface area contributed by atoms with Crippen molar-refractivity contribution in [1.82, 2.24) is 14.9 Å². The van der Waals surface area contributed by atoms with Gasteiger partial charge in [-0.3, -0.25) is 9.62 Å². The van der Waals surface area contributed by atoms with Crippen LogP contribution in [-0.2, 0) is 4.74 Å². The summed E-state index contributed by atoms with van der Waals surface area (Å²) < 4.78 is 16.1. The molecule has 0 amide bonds. The summed E-state index contributed by atoms with van der Waals surface area (Å²) in [5.41, 5.74) is 6.05. The Hall–Kier alpha value is -2.61. The van der Waals surface area contributed by atoms with Gasteiger partial charge in [-0.25, -0.2) is 4.98 Å². The van der Waals surface area contributed by atoms with E-state index in [0.29, 0.717) is 48.5 Å². The van der Waals surface area contributed by atoms with Crippen molar-refractivity contribution in [3.63, 3.8) is 0 Å². The lowest BCUT2D eigenvalue weighted by atomic mass is 9.68. The summed E-state index contributed by atoms with van der Waals surface area (Å²) in [6.45, 7) is 18.5. The molecule has 4 atom stereocenters. The number of aryl methyl sites for hydroxylation is 2. The lowest BCUT2D eigenvalue weighted by molar-refractivity contribution is -0.0972. The van der Waals surface area contributed by atoms with Crippen LogP contribution in [0.3, 0.4) is 0 Å². The third-order valence-electron chi connectivity index (χ3n) is 9.64. The first-order valence-corrected chi connectivity index (χ1v) is 17.3. The lowest BCUT2D eigenvalue weighted by Gasteiger charge is -2.48. The third kappa shape index (κ3) is 7.43. The van der Waals surface area contributed by atoms with E-state index in [1.165, 1.54) is 40.8 Å². The predicted octanol–water partition coefficient (Wildman–Crippen LogP) is 8.69. The van der Waals surface area contributed by atoms with Crippen LogP contribution in [0.5, 0.6) is 5.88 Å². The predicted molar refractivity (Wildman–Crippen MR) is 181 cm³/mol. The molecule has 3 heterocycles. The molecule has 6 rings (SSSR count). The second kappa shape index (κ2) is 13.0.